The Morgan fingerprint density at radius 2 is 1.94 bits per heavy atom. The summed E-state index contributed by atoms with van der Waals surface area (Å²) < 4.78 is 5.00. The van der Waals surface area contributed by atoms with Crippen LogP contribution < -0.4 is 5.32 Å². The number of carbonyl (C=O) groups is 2. The van der Waals surface area contributed by atoms with Crippen molar-refractivity contribution >= 4 is 12.1 Å². The zero-order chi connectivity index (χ0) is 13.3. The van der Waals surface area contributed by atoms with Gasteiger partial charge in [-0.25, -0.2) is 4.79 Å². The minimum absolute atomic E-state index is 0.0195. The molecule has 0 aromatic carbocycles. The van der Waals surface area contributed by atoms with Gasteiger partial charge in [-0.05, 0) is 33.6 Å². The normalized spacial score (nSPS) is 28.1. The van der Waals surface area contributed by atoms with Crippen LogP contribution in [0.1, 0.15) is 33.6 Å². The minimum Gasteiger partial charge on any atom is -0.481 e. The van der Waals surface area contributed by atoms with Gasteiger partial charge in [-0.3, -0.25) is 4.79 Å². The number of carbonyl (C=O) groups excluding carboxylic acids is 1. The van der Waals surface area contributed by atoms with Gasteiger partial charge >= 0.3 is 12.1 Å². The van der Waals surface area contributed by atoms with Gasteiger partial charge in [0, 0.05) is 6.54 Å². The topological polar surface area (TPSA) is 95.9 Å². The van der Waals surface area contributed by atoms with Crippen molar-refractivity contribution in [1.82, 2.24) is 5.32 Å². The number of ether oxygens (including phenoxy) is 1. The first kappa shape index (κ1) is 13.8. The molecule has 0 saturated heterocycles. The second-order valence-corrected chi connectivity index (χ2v) is 5.52. The Morgan fingerprint density at radius 1 is 1.41 bits per heavy atom. The summed E-state index contributed by atoms with van der Waals surface area (Å²) in [6.45, 7) is 5.24. The predicted octanol–water partition coefficient (Wildman–Crippen LogP) is 0.737. The molecule has 1 aliphatic rings. The summed E-state index contributed by atoms with van der Waals surface area (Å²) in [5.74, 6) is -1.42. The lowest BCUT2D eigenvalue weighted by atomic mass is 9.71. The van der Waals surface area contributed by atoms with E-state index in [0.29, 0.717) is 0 Å². The largest absolute Gasteiger partial charge is 0.481 e. The molecule has 0 atom stereocenters. The van der Waals surface area contributed by atoms with Crippen molar-refractivity contribution in [3.8, 4) is 0 Å². The van der Waals surface area contributed by atoms with E-state index in [0.717, 1.165) is 0 Å². The van der Waals surface area contributed by atoms with E-state index in [1.54, 1.807) is 20.8 Å². The lowest BCUT2D eigenvalue weighted by molar-refractivity contribution is -0.157. The van der Waals surface area contributed by atoms with Crippen molar-refractivity contribution in [3.05, 3.63) is 0 Å². The zero-order valence-corrected chi connectivity index (χ0v) is 10.3. The molecule has 0 aromatic heterocycles. The molecule has 6 heteroatoms. The van der Waals surface area contributed by atoms with E-state index in [1.165, 1.54) is 0 Å². The van der Waals surface area contributed by atoms with Crippen LogP contribution in [0.25, 0.3) is 0 Å². The fourth-order valence-electron chi connectivity index (χ4n) is 1.73. The standard InChI is InChI=1S/C11H19NO5/c1-10(2,3)17-9(15)12-6-11(16)4-7(5-11)8(13)14/h7,16H,4-6H2,1-3H3,(H,12,15)(H,13,14). The number of carboxylic acids is 1. The smallest absolute Gasteiger partial charge is 0.407 e. The second-order valence-electron chi connectivity index (χ2n) is 5.52. The van der Waals surface area contributed by atoms with Crippen LogP contribution in [0, 0.1) is 5.92 Å². The molecule has 3 N–H and O–H groups in total. The van der Waals surface area contributed by atoms with E-state index >= 15 is 0 Å². The van der Waals surface area contributed by atoms with E-state index in [2.05, 4.69) is 5.32 Å². The summed E-state index contributed by atoms with van der Waals surface area (Å²) in [4.78, 5) is 21.9. The average Bonchev–Trinajstić information content (AvgIpc) is 2.07. The Bertz CT molecular complexity index is 314. The first-order valence-electron chi connectivity index (χ1n) is 5.53. The van der Waals surface area contributed by atoms with Crippen molar-refractivity contribution in [3.63, 3.8) is 0 Å². The molecule has 1 rings (SSSR count). The molecule has 0 aliphatic heterocycles. The van der Waals surface area contributed by atoms with Crippen LogP contribution in [0.3, 0.4) is 0 Å². The molecular formula is C11H19NO5. The molecule has 1 fully saturated rings. The lowest BCUT2D eigenvalue weighted by Crippen LogP contribution is -2.54. The second kappa shape index (κ2) is 4.52. The molecule has 1 amide bonds. The summed E-state index contributed by atoms with van der Waals surface area (Å²) in [5.41, 5.74) is -1.70. The Hall–Kier alpha value is -1.30. The number of rotatable bonds is 3. The molecule has 0 aromatic rings. The molecule has 0 unspecified atom stereocenters. The number of hydrogen-bond donors (Lipinski definition) is 3. The highest BCUT2D eigenvalue weighted by Gasteiger charge is 2.46. The van der Waals surface area contributed by atoms with E-state index in [-0.39, 0.29) is 19.4 Å². The highest BCUT2D eigenvalue weighted by molar-refractivity contribution is 5.72. The van der Waals surface area contributed by atoms with Crippen LogP contribution in [0.4, 0.5) is 4.79 Å². The van der Waals surface area contributed by atoms with Crippen LogP contribution in [0.2, 0.25) is 0 Å². The van der Waals surface area contributed by atoms with Crippen LogP contribution in [0.15, 0.2) is 0 Å². The first-order chi connectivity index (χ1) is 7.61. The van der Waals surface area contributed by atoms with Crippen LogP contribution in [-0.4, -0.2) is 40.0 Å². The summed E-state index contributed by atoms with van der Waals surface area (Å²) in [6, 6.07) is 0. The van der Waals surface area contributed by atoms with E-state index in [9.17, 15) is 14.7 Å². The summed E-state index contributed by atoms with van der Waals surface area (Å²) in [6.07, 6.45) is -0.277. The molecule has 0 heterocycles. The van der Waals surface area contributed by atoms with Gasteiger partial charge in [0.25, 0.3) is 0 Å². The first-order valence-corrected chi connectivity index (χ1v) is 5.53. The monoisotopic (exact) mass is 245 g/mol. The molecule has 0 radical (unpaired) electrons. The van der Waals surface area contributed by atoms with E-state index in [1.807, 2.05) is 0 Å². The maximum Gasteiger partial charge on any atom is 0.407 e. The highest BCUT2D eigenvalue weighted by atomic mass is 16.6. The van der Waals surface area contributed by atoms with Crippen LogP contribution >= 0.6 is 0 Å². The quantitative estimate of drug-likeness (QED) is 0.681. The Morgan fingerprint density at radius 3 is 2.35 bits per heavy atom. The number of hydrogen-bond acceptors (Lipinski definition) is 4. The summed E-state index contributed by atoms with van der Waals surface area (Å²) in [7, 11) is 0. The van der Waals surface area contributed by atoms with Gasteiger partial charge in [-0.1, -0.05) is 0 Å². The van der Waals surface area contributed by atoms with E-state index < -0.39 is 29.2 Å². The van der Waals surface area contributed by atoms with Gasteiger partial charge in [0.2, 0.25) is 0 Å². The molecular weight excluding hydrogens is 226 g/mol. The maximum absolute atomic E-state index is 11.3. The fourth-order valence-corrected chi connectivity index (χ4v) is 1.73. The SMILES string of the molecule is CC(C)(C)OC(=O)NCC1(O)CC(C(=O)O)C1. The maximum atomic E-state index is 11.3. The fraction of sp³-hybridized carbons (Fsp3) is 0.818. The predicted molar refractivity (Wildman–Crippen MR) is 59.5 cm³/mol. The van der Waals surface area contributed by atoms with Crippen molar-refractivity contribution in [2.75, 3.05) is 6.54 Å². The Kier molecular flexibility index (Phi) is 3.66. The van der Waals surface area contributed by atoms with Gasteiger partial charge in [-0.15, -0.1) is 0 Å². The highest BCUT2D eigenvalue weighted by Crippen LogP contribution is 2.37. The Labute approximate surface area is 100.0 Å². The third-order valence-electron chi connectivity index (χ3n) is 2.56. The summed E-state index contributed by atoms with van der Waals surface area (Å²) >= 11 is 0. The average molecular weight is 245 g/mol. The van der Waals surface area contributed by atoms with Crippen LogP contribution in [0.5, 0.6) is 0 Å². The van der Waals surface area contributed by atoms with Gasteiger partial charge in [0.1, 0.15) is 5.60 Å². The third kappa shape index (κ3) is 4.22. The summed E-state index contributed by atoms with van der Waals surface area (Å²) in [5, 5.41) is 21.0. The van der Waals surface area contributed by atoms with Gasteiger partial charge in [-0.2, -0.15) is 0 Å². The molecule has 0 spiro atoms. The lowest BCUT2D eigenvalue weighted by Gasteiger charge is -2.41. The third-order valence-corrected chi connectivity index (χ3v) is 2.56. The van der Waals surface area contributed by atoms with Crippen molar-refractivity contribution in [2.45, 2.75) is 44.8 Å². The van der Waals surface area contributed by atoms with Gasteiger partial charge in [0.05, 0.1) is 11.5 Å². The minimum atomic E-state index is -1.11. The van der Waals surface area contributed by atoms with Gasteiger partial charge < -0.3 is 20.3 Å². The molecule has 17 heavy (non-hydrogen) atoms. The molecule has 1 saturated carbocycles. The van der Waals surface area contributed by atoms with Crippen molar-refractivity contribution < 1.29 is 24.5 Å². The van der Waals surface area contributed by atoms with Crippen molar-refractivity contribution in [1.29, 1.82) is 0 Å². The number of carboxylic acid groups (broad SMARTS) is 1. The molecule has 6 nitrogen and oxygen atoms in total. The van der Waals surface area contributed by atoms with Crippen LogP contribution in [-0.2, 0) is 9.53 Å². The van der Waals surface area contributed by atoms with Crippen molar-refractivity contribution in [2.24, 2.45) is 5.92 Å². The number of nitrogens with one attached hydrogen (secondary N) is 1. The number of amides is 1. The number of alkyl carbamates (subject to hydrolysis) is 1. The van der Waals surface area contributed by atoms with E-state index in [4.69, 9.17) is 9.84 Å². The number of aliphatic carboxylic acids is 1. The number of aliphatic hydroxyl groups is 1. The molecule has 1 aliphatic carbocycles. The Balaban J connectivity index is 2.28. The molecule has 0 bridgehead atoms. The molecule has 98 valence electrons. The zero-order valence-electron chi connectivity index (χ0n) is 10.3. The van der Waals surface area contributed by atoms with Gasteiger partial charge in [0.15, 0.2) is 0 Å².